The molecule has 1 aromatic rings. The van der Waals surface area contributed by atoms with Crippen LogP contribution in [0.3, 0.4) is 0 Å². The van der Waals surface area contributed by atoms with Crippen LogP contribution in [0.1, 0.15) is 45.2 Å². The summed E-state index contributed by atoms with van der Waals surface area (Å²) in [6.07, 6.45) is 2.24. The molecular weight excluding hydrogens is 250 g/mol. The number of ether oxygens (including phenoxy) is 1. The number of hydrogen-bond acceptors (Lipinski definition) is 3. The fraction of sp³-hybridized carbons (Fsp3) is 0.588. The first-order valence-corrected chi connectivity index (χ1v) is 7.62. The predicted molar refractivity (Wildman–Crippen MR) is 80.4 cm³/mol. The lowest BCUT2D eigenvalue weighted by Crippen LogP contribution is -2.40. The van der Waals surface area contributed by atoms with Crippen molar-refractivity contribution >= 4 is 5.97 Å². The maximum atomic E-state index is 12.0. The van der Waals surface area contributed by atoms with E-state index >= 15 is 0 Å². The van der Waals surface area contributed by atoms with Crippen LogP contribution in [0.25, 0.3) is 0 Å². The van der Waals surface area contributed by atoms with Gasteiger partial charge >= 0.3 is 5.97 Å². The van der Waals surface area contributed by atoms with E-state index in [-0.39, 0.29) is 11.9 Å². The van der Waals surface area contributed by atoms with Crippen molar-refractivity contribution < 1.29 is 9.53 Å². The molecule has 3 nitrogen and oxygen atoms in total. The topological polar surface area (TPSA) is 29.5 Å². The summed E-state index contributed by atoms with van der Waals surface area (Å²) in [4.78, 5) is 14.4. The van der Waals surface area contributed by atoms with Crippen molar-refractivity contribution in [2.75, 3.05) is 13.2 Å². The molecule has 110 valence electrons. The van der Waals surface area contributed by atoms with Crippen molar-refractivity contribution in [3.63, 3.8) is 0 Å². The second-order valence-corrected chi connectivity index (χ2v) is 5.57. The first-order valence-electron chi connectivity index (χ1n) is 7.62. The zero-order valence-electron chi connectivity index (χ0n) is 12.7. The lowest BCUT2D eigenvalue weighted by molar-refractivity contribution is -0.149. The van der Waals surface area contributed by atoms with Crippen LogP contribution in [0.5, 0.6) is 0 Å². The van der Waals surface area contributed by atoms with E-state index in [1.165, 1.54) is 5.56 Å². The molecule has 0 aromatic heterocycles. The molecule has 1 aliphatic rings. The van der Waals surface area contributed by atoms with Crippen molar-refractivity contribution in [3.05, 3.63) is 35.9 Å². The molecule has 1 saturated heterocycles. The molecule has 0 bridgehead atoms. The van der Waals surface area contributed by atoms with Gasteiger partial charge in [0.05, 0.1) is 12.5 Å². The molecule has 1 heterocycles. The summed E-state index contributed by atoms with van der Waals surface area (Å²) in [6.45, 7) is 7.61. The van der Waals surface area contributed by atoms with Gasteiger partial charge in [0.2, 0.25) is 0 Å². The van der Waals surface area contributed by atoms with Crippen LogP contribution < -0.4 is 0 Å². The Balaban J connectivity index is 2.09. The zero-order chi connectivity index (χ0) is 14.5. The van der Waals surface area contributed by atoms with E-state index in [0.717, 1.165) is 19.4 Å². The summed E-state index contributed by atoms with van der Waals surface area (Å²) in [5.41, 5.74) is 1.32. The normalized spacial score (nSPS) is 22.4. The molecule has 0 spiro atoms. The van der Waals surface area contributed by atoms with Gasteiger partial charge in [-0.15, -0.1) is 0 Å². The van der Waals surface area contributed by atoms with Crippen LogP contribution in [0.15, 0.2) is 30.3 Å². The fourth-order valence-corrected chi connectivity index (χ4v) is 3.19. The van der Waals surface area contributed by atoms with E-state index < -0.39 is 0 Å². The van der Waals surface area contributed by atoms with E-state index in [4.69, 9.17) is 4.74 Å². The largest absolute Gasteiger partial charge is 0.466 e. The van der Waals surface area contributed by atoms with Gasteiger partial charge in [0.15, 0.2) is 0 Å². The van der Waals surface area contributed by atoms with Crippen LogP contribution in [0.4, 0.5) is 0 Å². The number of likely N-dealkylation sites (tertiary alicyclic amines) is 1. The lowest BCUT2D eigenvalue weighted by atomic mass is 9.97. The molecule has 1 aliphatic heterocycles. The van der Waals surface area contributed by atoms with Crippen molar-refractivity contribution in [1.29, 1.82) is 0 Å². The maximum absolute atomic E-state index is 12.0. The molecule has 1 fully saturated rings. The van der Waals surface area contributed by atoms with E-state index in [1.807, 2.05) is 19.9 Å². The maximum Gasteiger partial charge on any atom is 0.310 e. The van der Waals surface area contributed by atoms with Crippen molar-refractivity contribution in [2.45, 2.75) is 45.7 Å². The molecule has 0 radical (unpaired) electrons. The van der Waals surface area contributed by atoms with Gasteiger partial charge in [-0.05, 0) is 38.8 Å². The lowest BCUT2D eigenvalue weighted by Gasteiger charge is -2.33. The first kappa shape index (κ1) is 15.0. The highest BCUT2D eigenvalue weighted by Gasteiger charge is 2.36. The number of carbonyl (C=O) groups is 1. The number of carbonyl (C=O) groups excluding carboxylic acids is 1. The highest BCUT2D eigenvalue weighted by Crippen LogP contribution is 2.33. The van der Waals surface area contributed by atoms with Gasteiger partial charge in [-0.25, -0.2) is 0 Å². The van der Waals surface area contributed by atoms with Gasteiger partial charge in [-0.3, -0.25) is 9.69 Å². The molecule has 0 saturated carbocycles. The van der Waals surface area contributed by atoms with Crippen LogP contribution in [0.2, 0.25) is 0 Å². The van der Waals surface area contributed by atoms with Crippen LogP contribution in [-0.2, 0) is 9.53 Å². The van der Waals surface area contributed by atoms with Gasteiger partial charge < -0.3 is 4.74 Å². The minimum Gasteiger partial charge on any atom is -0.466 e. The minimum atomic E-state index is -0.0651. The predicted octanol–water partition coefficient (Wildman–Crippen LogP) is 3.41. The van der Waals surface area contributed by atoms with Gasteiger partial charge in [-0.2, -0.15) is 0 Å². The Morgan fingerprint density at radius 1 is 1.35 bits per heavy atom. The number of hydrogen-bond donors (Lipinski definition) is 0. The Morgan fingerprint density at radius 3 is 2.70 bits per heavy atom. The van der Waals surface area contributed by atoms with E-state index in [1.54, 1.807) is 0 Å². The highest BCUT2D eigenvalue weighted by molar-refractivity contribution is 5.72. The minimum absolute atomic E-state index is 0.0522. The SMILES string of the molecule is CCOC(=O)[C@@H](C)[C@H]1CCCN1[C@@H](C)c1ccccc1. The van der Waals surface area contributed by atoms with E-state index in [9.17, 15) is 4.79 Å². The van der Waals surface area contributed by atoms with Gasteiger partial charge in [0.25, 0.3) is 0 Å². The monoisotopic (exact) mass is 275 g/mol. The summed E-state index contributed by atoms with van der Waals surface area (Å²) in [7, 11) is 0. The first-order chi connectivity index (χ1) is 9.65. The van der Waals surface area contributed by atoms with Crippen LogP contribution in [0, 0.1) is 5.92 Å². The second kappa shape index (κ2) is 6.89. The van der Waals surface area contributed by atoms with Crippen molar-refractivity contribution in [1.82, 2.24) is 4.90 Å². The molecule has 0 N–H and O–H groups in total. The van der Waals surface area contributed by atoms with E-state index in [0.29, 0.717) is 18.7 Å². The Kier molecular flexibility index (Phi) is 5.18. The highest BCUT2D eigenvalue weighted by atomic mass is 16.5. The number of rotatable bonds is 5. The summed E-state index contributed by atoms with van der Waals surface area (Å²) < 4.78 is 5.18. The molecule has 1 aromatic carbocycles. The van der Waals surface area contributed by atoms with Crippen LogP contribution in [-0.4, -0.2) is 30.1 Å². The molecule has 20 heavy (non-hydrogen) atoms. The third kappa shape index (κ3) is 3.21. The Morgan fingerprint density at radius 2 is 2.05 bits per heavy atom. The van der Waals surface area contributed by atoms with Crippen molar-refractivity contribution in [2.24, 2.45) is 5.92 Å². The molecule has 0 unspecified atom stereocenters. The fourth-order valence-electron chi connectivity index (χ4n) is 3.19. The molecule has 0 amide bonds. The summed E-state index contributed by atoms with van der Waals surface area (Å²) in [5, 5.41) is 0. The molecule has 0 aliphatic carbocycles. The molecule has 3 heteroatoms. The van der Waals surface area contributed by atoms with E-state index in [2.05, 4.69) is 36.1 Å². The Bertz CT molecular complexity index is 432. The Hall–Kier alpha value is -1.35. The van der Waals surface area contributed by atoms with Gasteiger partial charge in [-0.1, -0.05) is 37.3 Å². The molecule has 2 rings (SSSR count). The quantitative estimate of drug-likeness (QED) is 0.771. The van der Waals surface area contributed by atoms with Gasteiger partial charge in [0, 0.05) is 12.1 Å². The summed E-state index contributed by atoms with van der Waals surface area (Å²) in [6, 6.07) is 11.2. The number of esters is 1. The Labute approximate surface area is 121 Å². The van der Waals surface area contributed by atoms with Gasteiger partial charge in [0.1, 0.15) is 0 Å². The van der Waals surface area contributed by atoms with Crippen LogP contribution >= 0.6 is 0 Å². The third-order valence-electron chi connectivity index (χ3n) is 4.36. The average molecular weight is 275 g/mol. The molecule has 3 atom stereocenters. The molecular formula is C17H25NO2. The third-order valence-corrected chi connectivity index (χ3v) is 4.36. The second-order valence-electron chi connectivity index (χ2n) is 5.57. The smallest absolute Gasteiger partial charge is 0.310 e. The average Bonchev–Trinajstić information content (AvgIpc) is 2.96. The standard InChI is InChI=1S/C17H25NO2/c1-4-20-17(19)13(2)16-11-8-12-18(16)14(3)15-9-6-5-7-10-15/h5-7,9-10,13-14,16H,4,8,11-12H2,1-3H3/t13-,14-,16+/m0/s1. The zero-order valence-corrected chi connectivity index (χ0v) is 12.7. The number of nitrogens with zero attached hydrogens (tertiary/aromatic N) is 1. The summed E-state index contributed by atoms with van der Waals surface area (Å²) in [5.74, 6) is -0.117. The van der Waals surface area contributed by atoms with Crippen molar-refractivity contribution in [3.8, 4) is 0 Å². The summed E-state index contributed by atoms with van der Waals surface area (Å²) >= 11 is 0. The number of benzene rings is 1.